The van der Waals surface area contributed by atoms with Crippen LogP contribution in [0, 0.1) is 0 Å². The van der Waals surface area contributed by atoms with E-state index >= 15 is 0 Å². The highest BCUT2D eigenvalue weighted by Crippen LogP contribution is 2.37. The predicted molar refractivity (Wildman–Crippen MR) is 106 cm³/mol. The van der Waals surface area contributed by atoms with Crippen LogP contribution in [0.1, 0.15) is 30.7 Å². The van der Waals surface area contributed by atoms with Gasteiger partial charge in [0.1, 0.15) is 13.2 Å². The fourth-order valence-corrected chi connectivity index (χ4v) is 3.73. The monoisotopic (exact) mass is 391 g/mol. The number of hydrogen-bond donors (Lipinski definition) is 0. The quantitative estimate of drug-likeness (QED) is 0.676. The summed E-state index contributed by atoms with van der Waals surface area (Å²) in [6, 6.07) is 13.7. The van der Waals surface area contributed by atoms with E-state index in [2.05, 4.69) is 29.2 Å². The molecule has 29 heavy (non-hydrogen) atoms. The van der Waals surface area contributed by atoms with Gasteiger partial charge in [0.05, 0.1) is 0 Å². The van der Waals surface area contributed by atoms with E-state index in [0.29, 0.717) is 49.4 Å². The van der Waals surface area contributed by atoms with Crippen LogP contribution >= 0.6 is 0 Å². The summed E-state index contributed by atoms with van der Waals surface area (Å²) in [5.74, 6) is 2.34. The van der Waals surface area contributed by atoms with E-state index in [4.69, 9.17) is 14.0 Å². The Kier molecular flexibility index (Phi) is 4.42. The van der Waals surface area contributed by atoms with Gasteiger partial charge in [0.15, 0.2) is 17.3 Å². The zero-order chi connectivity index (χ0) is 19.8. The third-order valence-electron chi connectivity index (χ3n) is 5.38. The first-order valence-electron chi connectivity index (χ1n) is 9.84. The fourth-order valence-electron chi connectivity index (χ4n) is 3.73. The van der Waals surface area contributed by atoms with Crippen molar-refractivity contribution in [1.29, 1.82) is 0 Å². The van der Waals surface area contributed by atoms with Gasteiger partial charge in [0, 0.05) is 36.2 Å². The number of carbonyl (C=O) groups is 1. The van der Waals surface area contributed by atoms with Crippen molar-refractivity contribution in [2.24, 2.45) is 0 Å². The minimum absolute atomic E-state index is 0.0327. The van der Waals surface area contributed by atoms with E-state index in [1.807, 2.05) is 30.3 Å². The molecule has 148 valence electrons. The van der Waals surface area contributed by atoms with Crippen molar-refractivity contribution in [3.63, 3.8) is 0 Å². The third kappa shape index (κ3) is 3.33. The van der Waals surface area contributed by atoms with Gasteiger partial charge in [-0.1, -0.05) is 24.2 Å². The van der Waals surface area contributed by atoms with Crippen molar-refractivity contribution in [1.82, 2.24) is 10.1 Å². The van der Waals surface area contributed by atoms with Crippen LogP contribution in [0.15, 0.2) is 47.0 Å². The highest BCUT2D eigenvalue weighted by molar-refractivity contribution is 5.96. The summed E-state index contributed by atoms with van der Waals surface area (Å²) >= 11 is 0. The van der Waals surface area contributed by atoms with Crippen molar-refractivity contribution in [3.8, 4) is 23.0 Å². The summed E-state index contributed by atoms with van der Waals surface area (Å²) in [6.07, 6.45) is 1.33. The minimum Gasteiger partial charge on any atom is -0.486 e. The number of carbonyl (C=O) groups excluding carboxylic acids is 1. The molecule has 5 rings (SSSR count). The van der Waals surface area contributed by atoms with Crippen molar-refractivity contribution in [3.05, 3.63) is 53.9 Å². The van der Waals surface area contributed by atoms with Gasteiger partial charge in [-0.15, -0.1) is 0 Å². The lowest BCUT2D eigenvalue weighted by molar-refractivity contribution is -0.117. The van der Waals surface area contributed by atoms with Crippen LogP contribution in [0.25, 0.3) is 11.5 Å². The minimum atomic E-state index is -0.108. The van der Waals surface area contributed by atoms with E-state index in [0.717, 1.165) is 17.7 Å². The zero-order valence-corrected chi connectivity index (χ0v) is 16.1. The van der Waals surface area contributed by atoms with Gasteiger partial charge in [-0.05, 0) is 36.2 Å². The van der Waals surface area contributed by atoms with E-state index in [1.165, 1.54) is 5.56 Å². The van der Waals surface area contributed by atoms with Crippen LogP contribution in [0.4, 0.5) is 5.69 Å². The van der Waals surface area contributed by atoms with Gasteiger partial charge >= 0.3 is 0 Å². The van der Waals surface area contributed by atoms with Gasteiger partial charge in [0.2, 0.25) is 5.91 Å². The molecule has 0 spiro atoms. The summed E-state index contributed by atoms with van der Waals surface area (Å²) in [6.45, 7) is 3.67. The van der Waals surface area contributed by atoms with E-state index < -0.39 is 0 Å². The lowest BCUT2D eigenvalue weighted by Crippen LogP contribution is -2.25. The van der Waals surface area contributed by atoms with Crippen LogP contribution in [-0.4, -0.2) is 35.8 Å². The normalized spacial score (nSPS) is 18.3. The topological polar surface area (TPSA) is 77.7 Å². The molecule has 1 atom stereocenters. The summed E-state index contributed by atoms with van der Waals surface area (Å²) in [7, 11) is 0. The SMILES string of the molecule is CCc1ccc(-c2nc(C3CC(=O)N(c4ccc5c(c4)OCCO5)C3)no2)cc1. The molecule has 2 aliphatic heterocycles. The van der Waals surface area contributed by atoms with E-state index in [1.54, 1.807) is 4.90 Å². The molecule has 7 nitrogen and oxygen atoms in total. The van der Waals surface area contributed by atoms with Crippen LogP contribution < -0.4 is 14.4 Å². The van der Waals surface area contributed by atoms with Crippen LogP contribution in [0.5, 0.6) is 11.5 Å². The highest BCUT2D eigenvalue weighted by Gasteiger charge is 2.35. The Morgan fingerprint density at radius 2 is 1.86 bits per heavy atom. The molecule has 0 aliphatic carbocycles. The second kappa shape index (κ2) is 7.24. The number of benzene rings is 2. The first kappa shape index (κ1) is 17.7. The average Bonchev–Trinajstić information content (AvgIpc) is 3.40. The van der Waals surface area contributed by atoms with Gasteiger partial charge in [-0.2, -0.15) is 4.98 Å². The molecule has 1 aromatic heterocycles. The maximum atomic E-state index is 12.6. The van der Waals surface area contributed by atoms with E-state index in [9.17, 15) is 4.79 Å². The molecule has 1 fully saturated rings. The molecule has 0 radical (unpaired) electrons. The predicted octanol–water partition coefficient (Wildman–Crippen LogP) is 3.59. The molecule has 0 saturated carbocycles. The first-order valence-corrected chi connectivity index (χ1v) is 9.84. The molecule has 1 saturated heterocycles. The Hall–Kier alpha value is -3.35. The smallest absolute Gasteiger partial charge is 0.257 e. The Morgan fingerprint density at radius 3 is 2.66 bits per heavy atom. The second-order valence-corrected chi connectivity index (χ2v) is 7.24. The number of aryl methyl sites for hydroxylation is 1. The molecule has 1 amide bonds. The molecule has 0 bridgehead atoms. The number of anilines is 1. The summed E-state index contributed by atoms with van der Waals surface area (Å²) in [5.41, 5.74) is 2.93. The number of rotatable bonds is 4. The lowest BCUT2D eigenvalue weighted by Gasteiger charge is -2.22. The molecule has 3 heterocycles. The summed E-state index contributed by atoms with van der Waals surface area (Å²) in [5, 5.41) is 4.14. The van der Waals surface area contributed by atoms with Crippen LogP contribution in [0.3, 0.4) is 0 Å². The Morgan fingerprint density at radius 1 is 1.07 bits per heavy atom. The van der Waals surface area contributed by atoms with Crippen molar-refractivity contribution >= 4 is 11.6 Å². The number of amides is 1. The second-order valence-electron chi connectivity index (χ2n) is 7.24. The average molecular weight is 391 g/mol. The zero-order valence-electron chi connectivity index (χ0n) is 16.1. The lowest BCUT2D eigenvalue weighted by atomic mass is 10.1. The standard InChI is InChI=1S/C22H21N3O4/c1-2-14-3-5-15(6-4-14)22-23-21(24-29-22)16-11-20(26)25(13-16)17-7-8-18-19(12-17)28-10-9-27-18/h3-8,12,16H,2,9-11,13H2,1H3. The highest BCUT2D eigenvalue weighted by atomic mass is 16.6. The van der Waals surface area contributed by atoms with Crippen LogP contribution in [0.2, 0.25) is 0 Å². The number of aromatic nitrogens is 2. The maximum Gasteiger partial charge on any atom is 0.257 e. The molecular weight excluding hydrogens is 370 g/mol. The maximum absolute atomic E-state index is 12.6. The molecule has 0 N–H and O–H groups in total. The van der Waals surface area contributed by atoms with Crippen molar-refractivity contribution < 1.29 is 18.8 Å². The first-order chi connectivity index (χ1) is 14.2. The number of fused-ring (bicyclic) bond motifs is 1. The molecule has 2 aromatic carbocycles. The Bertz CT molecular complexity index is 1040. The van der Waals surface area contributed by atoms with Gasteiger partial charge in [-0.3, -0.25) is 4.79 Å². The molecule has 7 heteroatoms. The van der Waals surface area contributed by atoms with Gasteiger partial charge in [-0.25, -0.2) is 0 Å². The third-order valence-corrected chi connectivity index (χ3v) is 5.38. The fraction of sp³-hybridized carbons (Fsp3) is 0.318. The van der Waals surface area contributed by atoms with Gasteiger partial charge < -0.3 is 18.9 Å². The number of nitrogens with zero attached hydrogens (tertiary/aromatic N) is 3. The Labute approximate surface area is 168 Å². The van der Waals surface area contributed by atoms with Crippen molar-refractivity contribution in [2.75, 3.05) is 24.7 Å². The molecule has 1 unspecified atom stereocenters. The molecular formula is C22H21N3O4. The largest absolute Gasteiger partial charge is 0.486 e. The van der Waals surface area contributed by atoms with Gasteiger partial charge in [0.25, 0.3) is 5.89 Å². The van der Waals surface area contributed by atoms with Crippen molar-refractivity contribution in [2.45, 2.75) is 25.7 Å². The number of ether oxygens (including phenoxy) is 2. The summed E-state index contributed by atoms with van der Waals surface area (Å²) in [4.78, 5) is 18.9. The molecule has 3 aromatic rings. The van der Waals surface area contributed by atoms with E-state index in [-0.39, 0.29) is 11.8 Å². The number of hydrogen-bond acceptors (Lipinski definition) is 6. The summed E-state index contributed by atoms with van der Waals surface area (Å²) < 4.78 is 16.7. The molecule has 2 aliphatic rings. The van der Waals surface area contributed by atoms with Crippen LogP contribution in [-0.2, 0) is 11.2 Å². The Balaban J connectivity index is 1.34.